The molecule has 0 unspecified atom stereocenters. The minimum Gasteiger partial charge on any atom is -0.286 e. The fraction of sp³-hybridized carbons (Fsp3) is 0.100. The maximum atomic E-state index is 11.7. The lowest BCUT2D eigenvalue weighted by molar-refractivity contribution is 0.0925. The van der Waals surface area contributed by atoms with E-state index in [2.05, 4.69) is 21.0 Å². The fourth-order valence-electron chi connectivity index (χ4n) is 1.39. The van der Waals surface area contributed by atoms with Crippen LogP contribution in [-0.4, -0.2) is 15.7 Å². The molecule has 0 radical (unpaired) electrons. The smallest absolute Gasteiger partial charge is 0.244 e. The van der Waals surface area contributed by atoms with Crippen molar-refractivity contribution in [3.05, 3.63) is 39.1 Å². The van der Waals surface area contributed by atoms with Crippen LogP contribution in [0.1, 0.15) is 11.7 Å². The second-order valence-corrected chi connectivity index (χ2v) is 3.82. The number of halogens is 1. The molecule has 1 heterocycles. The third-order valence-electron chi connectivity index (χ3n) is 2.05. The van der Waals surface area contributed by atoms with Crippen molar-refractivity contribution < 1.29 is 4.79 Å². The van der Waals surface area contributed by atoms with Gasteiger partial charge in [0.05, 0.1) is 10.9 Å². The maximum absolute atomic E-state index is 11.7. The van der Waals surface area contributed by atoms with Gasteiger partial charge in [0.25, 0.3) is 0 Å². The first-order valence-corrected chi connectivity index (χ1v) is 5.09. The van der Waals surface area contributed by atoms with Crippen molar-refractivity contribution in [3.8, 4) is 0 Å². The zero-order valence-electron chi connectivity index (χ0n) is 7.90. The number of carbonyl (C=O) groups is 1. The predicted octanol–water partition coefficient (Wildman–Crippen LogP) is 1.82. The topological polar surface area (TPSA) is 52.0 Å². The minimum atomic E-state index is -0.230. The number of para-hydroxylation sites is 1. The van der Waals surface area contributed by atoms with Crippen LogP contribution in [0, 0.1) is 0 Å². The van der Waals surface area contributed by atoms with E-state index in [9.17, 15) is 9.59 Å². The van der Waals surface area contributed by atoms with Crippen molar-refractivity contribution in [3.63, 3.8) is 0 Å². The zero-order chi connectivity index (χ0) is 11.0. The summed E-state index contributed by atoms with van der Waals surface area (Å²) >= 11 is 3.04. The molecule has 0 saturated heterocycles. The van der Waals surface area contributed by atoms with Gasteiger partial charge in [-0.1, -0.05) is 12.1 Å². The van der Waals surface area contributed by atoms with E-state index in [1.54, 1.807) is 24.3 Å². The number of carbonyl (C=O) groups excluding carboxylic acids is 1. The molecule has 2 aromatic rings. The third-order valence-corrected chi connectivity index (χ3v) is 2.57. The fourth-order valence-corrected chi connectivity index (χ4v) is 1.76. The largest absolute Gasteiger partial charge is 0.286 e. The lowest BCUT2D eigenvalue weighted by atomic mass is 10.2. The molecule has 1 aromatic carbocycles. The molecule has 15 heavy (non-hydrogen) atoms. The molecule has 4 nitrogen and oxygen atoms in total. The highest BCUT2D eigenvalue weighted by molar-refractivity contribution is 9.10. The summed E-state index contributed by atoms with van der Waals surface area (Å²) in [7, 11) is 0. The van der Waals surface area contributed by atoms with Crippen molar-refractivity contribution in [2.45, 2.75) is 6.92 Å². The molecular weight excluding hydrogens is 260 g/mol. The van der Waals surface area contributed by atoms with Crippen molar-refractivity contribution >= 4 is 32.7 Å². The molecule has 0 spiro atoms. The van der Waals surface area contributed by atoms with Crippen molar-refractivity contribution in [2.24, 2.45) is 0 Å². The lowest BCUT2D eigenvalue weighted by Gasteiger charge is -2.05. The highest BCUT2D eigenvalue weighted by atomic mass is 79.9. The minimum absolute atomic E-state index is 0.149. The van der Waals surface area contributed by atoms with Gasteiger partial charge in [0.15, 0.2) is 4.60 Å². The molecule has 2 rings (SSSR count). The summed E-state index contributed by atoms with van der Waals surface area (Å²) in [6.45, 7) is 1.40. The summed E-state index contributed by atoms with van der Waals surface area (Å²) in [4.78, 5) is 23.0. The summed E-state index contributed by atoms with van der Waals surface area (Å²) in [5.74, 6) is -0.230. The van der Waals surface area contributed by atoms with Gasteiger partial charge in [-0.25, -0.2) is 0 Å². The number of rotatable bonds is 0. The Hall–Kier alpha value is -1.49. The first kappa shape index (κ1) is 10.0. The molecule has 0 saturated carbocycles. The molecule has 5 heteroatoms. The normalized spacial score (nSPS) is 10.5. The highest BCUT2D eigenvalue weighted by Crippen LogP contribution is 2.11. The molecular formula is C10H7BrN2O2. The van der Waals surface area contributed by atoms with Gasteiger partial charge in [0.2, 0.25) is 11.3 Å². The van der Waals surface area contributed by atoms with Crippen molar-refractivity contribution in [1.29, 1.82) is 0 Å². The summed E-state index contributed by atoms with van der Waals surface area (Å²) < 4.78 is 1.36. The Morgan fingerprint density at radius 1 is 1.40 bits per heavy atom. The first-order chi connectivity index (χ1) is 7.11. The Bertz CT molecular complexity index is 604. The second kappa shape index (κ2) is 3.58. The van der Waals surface area contributed by atoms with E-state index in [-0.39, 0.29) is 15.9 Å². The van der Waals surface area contributed by atoms with Crippen LogP contribution in [0.5, 0.6) is 0 Å². The van der Waals surface area contributed by atoms with Gasteiger partial charge in [0.1, 0.15) is 0 Å². The second-order valence-electron chi connectivity index (χ2n) is 3.07. The summed E-state index contributed by atoms with van der Waals surface area (Å²) in [5.41, 5.74) is 0.321. The zero-order valence-corrected chi connectivity index (χ0v) is 9.48. The summed E-state index contributed by atoms with van der Waals surface area (Å²) in [5, 5.41) is 4.35. The average Bonchev–Trinajstić information content (AvgIpc) is 2.23. The standard InChI is InChI=1S/C10H7BrN2O2/c1-6(14)13-8-5-3-2-4-7(8)9(15)10(11)12-13/h2-5H,1H3. The lowest BCUT2D eigenvalue weighted by Crippen LogP contribution is -2.18. The number of hydrogen-bond donors (Lipinski definition) is 0. The van der Waals surface area contributed by atoms with Crippen LogP contribution in [0.3, 0.4) is 0 Å². The number of hydrogen-bond acceptors (Lipinski definition) is 3. The van der Waals surface area contributed by atoms with E-state index in [4.69, 9.17) is 0 Å². The van der Waals surface area contributed by atoms with Crippen LogP contribution in [0.4, 0.5) is 0 Å². The van der Waals surface area contributed by atoms with Crippen molar-refractivity contribution in [2.75, 3.05) is 0 Å². The van der Waals surface area contributed by atoms with E-state index in [0.717, 1.165) is 0 Å². The summed E-state index contributed by atoms with van der Waals surface area (Å²) in [6, 6.07) is 6.87. The molecule has 76 valence electrons. The van der Waals surface area contributed by atoms with Crippen LogP contribution in [0.2, 0.25) is 0 Å². The molecule has 0 amide bonds. The number of nitrogens with zero attached hydrogens (tertiary/aromatic N) is 2. The monoisotopic (exact) mass is 266 g/mol. The van der Waals surface area contributed by atoms with Crippen LogP contribution in [0.15, 0.2) is 33.7 Å². The Balaban J connectivity index is 3.01. The van der Waals surface area contributed by atoms with E-state index < -0.39 is 0 Å². The van der Waals surface area contributed by atoms with Gasteiger partial charge in [-0.3, -0.25) is 9.59 Å². The van der Waals surface area contributed by atoms with Gasteiger partial charge < -0.3 is 0 Å². The van der Waals surface area contributed by atoms with E-state index in [1.807, 2.05) is 0 Å². The maximum Gasteiger partial charge on any atom is 0.244 e. The quantitative estimate of drug-likeness (QED) is 0.731. The Kier molecular flexibility index (Phi) is 2.40. The third kappa shape index (κ3) is 1.59. The molecule has 0 N–H and O–H groups in total. The van der Waals surface area contributed by atoms with Gasteiger partial charge >= 0.3 is 0 Å². The van der Waals surface area contributed by atoms with Gasteiger partial charge in [-0.15, -0.1) is 0 Å². The Labute approximate surface area is 93.7 Å². The van der Waals surface area contributed by atoms with E-state index in [0.29, 0.717) is 10.9 Å². The van der Waals surface area contributed by atoms with Crippen LogP contribution in [0.25, 0.3) is 10.9 Å². The first-order valence-electron chi connectivity index (χ1n) is 4.30. The Morgan fingerprint density at radius 3 is 2.73 bits per heavy atom. The van der Waals surface area contributed by atoms with Crippen LogP contribution < -0.4 is 5.43 Å². The molecule has 0 aliphatic carbocycles. The molecule has 0 bridgehead atoms. The van der Waals surface area contributed by atoms with Crippen LogP contribution in [-0.2, 0) is 0 Å². The molecule has 0 aliphatic heterocycles. The predicted molar refractivity (Wildman–Crippen MR) is 60.0 cm³/mol. The molecule has 0 atom stereocenters. The average molecular weight is 267 g/mol. The summed E-state index contributed by atoms with van der Waals surface area (Å²) in [6.07, 6.45) is 0. The van der Waals surface area contributed by atoms with Crippen molar-refractivity contribution in [1.82, 2.24) is 9.78 Å². The molecule has 1 aromatic heterocycles. The van der Waals surface area contributed by atoms with E-state index >= 15 is 0 Å². The molecule has 0 aliphatic rings. The molecule has 0 fully saturated rings. The number of fused-ring (bicyclic) bond motifs is 1. The highest BCUT2D eigenvalue weighted by Gasteiger charge is 2.10. The Morgan fingerprint density at radius 2 is 2.07 bits per heavy atom. The van der Waals surface area contributed by atoms with Crippen LogP contribution >= 0.6 is 15.9 Å². The van der Waals surface area contributed by atoms with Gasteiger partial charge in [0, 0.05) is 6.92 Å². The number of benzene rings is 1. The van der Waals surface area contributed by atoms with Gasteiger partial charge in [-0.05, 0) is 28.1 Å². The SMILES string of the molecule is CC(=O)n1nc(Br)c(=O)c2ccccc21. The van der Waals surface area contributed by atoms with E-state index in [1.165, 1.54) is 11.6 Å². The van der Waals surface area contributed by atoms with Gasteiger partial charge in [-0.2, -0.15) is 9.78 Å². The number of aromatic nitrogens is 2.